The first-order valence-electron chi connectivity index (χ1n) is 9.25. The van der Waals surface area contributed by atoms with Crippen LogP contribution >= 0.6 is 35.6 Å². The van der Waals surface area contributed by atoms with Gasteiger partial charge >= 0.3 is 0 Å². The lowest BCUT2D eigenvalue weighted by Crippen LogP contribution is -2.38. The monoisotopic (exact) mass is 530 g/mol. The summed E-state index contributed by atoms with van der Waals surface area (Å²) >= 11 is 6.08. The van der Waals surface area contributed by atoms with E-state index in [0.717, 1.165) is 22.6 Å². The van der Waals surface area contributed by atoms with Crippen LogP contribution in [0.2, 0.25) is 5.02 Å². The third-order valence-corrected chi connectivity index (χ3v) is 4.54. The molecule has 0 heterocycles. The molecule has 0 bridgehead atoms. The van der Waals surface area contributed by atoms with Crippen molar-refractivity contribution in [1.82, 2.24) is 10.6 Å². The number of rotatable bonds is 8. The normalized spacial score (nSPS) is 10.7. The van der Waals surface area contributed by atoms with Gasteiger partial charge in [0.1, 0.15) is 5.75 Å². The van der Waals surface area contributed by atoms with Crippen LogP contribution in [0, 0.1) is 6.92 Å². The van der Waals surface area contributed by atoms with E-state index in [1.54, 1.807) is 13.1 Å². The summed E-state index contributed by atoms with van der Waals surface area (Å²) in [4.78, 5) is 16.4. The van der Waals surface area contributed by atoms with E-state index in [-0.39, 0.29) is 29.9 Å². The van der Waals surface area contributed by atoms with Crippen molar-refractivity contribution in [3.63, 3.8) is 0 Å². The smallest absolute Gasteiger partial charge is 0.226 e. The minimum Gasteiger partial charge on any atom is -0.494 e. The van der Waals surface area contributed by atoms with Crippen molar-refractivity contribution in [3.8, 4) is 5.75 Å². The minimum atomic E-state index is -0.0880. The first-order valence-corrected chi connectivity index (χ1v) is 9.63. The number of hydrogen-bond donors (Lipinski definition) is 3. The van der Waals surface area contributed by atoms with Crippen molar-refractivity contribution < 1.29 is 9.53 Å². The summed E-state index contributed by atoms with van der Waals surface area (Å²) in [7, 11) is 1.69. The second-order valence-electron chi connectivity index (χ2n) is 6.10. The maximum atomic E-state index is 12.2. The number of carbonyl (C=O) groups excluding carboxylic acids is 1. The van der Waals surface area contributed by atoms with Crippen LogP contribution in [0.1, 0.15) is 24.5 Å². The number of nitrogens with one attached hydrogen (secondary N) is 3. The lowest BCUT2D eigenvalue weighted by Gasteiger charge is -2.14. The molecule has 0 radical (unpaired) electrons. The van der Waals surface area contributed by atoms with Gasteiger partial charge < -0.3 is 20.7 Å². The highest BCUT2D eigenvalue weighted by Gasteiger charge is 2.08. The number of anilines is 1. The van der Waals surface area contributed by atoms with Gasteiger partial charge in [-0.1, -0.05) is 35.9 Å². The highest BCUT2D eigenvalue weighted by molar-refractivity contribution is 14.0. The predicted octanol–water partition coefficient (Wildman–Crippen LogP) is 4.36. The molecule has 8 heteroatoms. The van der Waals surface area contributed by atoms with Crippen LogP contribution in [0.5, 0.6) is 5.75 Å². The zero-order valence-corrected chi connectivity index (χ0v) is 20.0. The van der Waals surface area contributed by atoms with Gasteiger partial charge in [0.15, 0.2) is 5.96 Å². The molecule has 0 aliphatic heterocycles. The zero-order chi connectivity index (χ0) is 20.4. The highest BCUT2D eigenvalue weighted by Crippen LogP contribution is 2.23. The zero-order valence-electron chi connectivity index (χ0n) is 16.9. The molecule has 0 aliphatic rings. The summed E-state index contributed by atoms with van der Waals surface area (Å²) in [5.41, 5.74) is 2.63. The van der Waals surface area contributed by atoms with E-state index in [9.17, 15) is 4.79 Å². The van der Waals surface area contributed by atoms with Crippen molar-refractivity contribution >= 4 is 53.1 Å². The molecule has 0 atom stereocenters. The number of guanidine groups is 1. The fraction of sp³-hybridized carbons (Fsp3) is 0.333. The standard InChI is InChI=1S/C21H27ClN4O2.HI/c1-4-28-19-11-6-5-8-16(19)14-25-21(23-3)24-13-12-20(27)26-18-10-7-9-17(22)15(18)2;/h5-11H,4,12-14H2,1-3H3,(H,26,27)(H2,23,24,25);1H. The molecule has 0 aromatic heterocycles. The lowest BCUT2D eigenvalue weighted by molar-refractivity contribution is -0.116. The summed E-state index contributed by atoms with van der Waals surface area (Å²) in [6.07, 6.45) is 0.308. The number of amides is 1. The molecule has 6 nitrogen and oxygen atoms in total. The maximum Gasteiger partial charge on any atom is 0.226 e. The predicted molar refractivity (Wildman–Crippen MR) is 131 cm³/mol. The van der Waals surface area contributed by atoms with Gasteiger partial charge in [0.25, 0.3) is 0 Å². The van der Waals surface area contributed by atoms with E-state index in [4.69, 9.17) is 16.3 Å². The molecule has 0 saturated heterocycles. The Bertz CT molecular complexity index is 830. The van der Waals surface area contributed by atoms with Gasteiger partial charge in [-0.25, -0.2) is 0 Å². The molecule has 0 unspecified atom stereocenters. The molecule has 0 fully saturated rings. The SMILES string of the molecule is CCOc1ccccc1CNC(=NC)NCCC(=O)Nc1cccc(Cl)c1C.I. The van der Waals surface area contributed by atoms with Gasteiger partial charge in [-0.15, -0.1) is 24.0 Å². The average Bonchev–Trinajstić information content (AvgIpc) is 2.69. The van der Waals surface area contributed by atoms with Gasteiger partial charge in [0.2, 0.25) is 5.91 Å². The minimum absolute atomic E-state index is 0. The summed E-state index contributed by atoms with van der Waals surface area (Å²) in [6.45, 7) is 5.48. The third kappa shape index (κ3) is 8.10. The second kappa shape index (κ2) is 13.3. The Hall–Kier alpha value is -2.00. The first-order chi connectivity index (χ1) is 13.5. The number of halogens is 2. The Kier molecular flexibility index (Phi) is 11.5. The summed E-state index contributed by atoms with van der Waals surface area (Å²) in [6, 6.07) is 13.3. The topological polar surface area (TPSA) is 74.8 Å². The number of para-hydroxylation sites is 1. The first kappa shape index (κ1) is 25.0. The summed E-state index contributed by atoms with van der Waals surface area (Å²) in [5.74, 6) is 1.39. The average molecular weight is 531 g/mol. The van der Waals surface area contributed by atoms with E-state index >= 15 is 0 Å². The number of nitrogens with zero attached hydrogens (tertiary/aromatic N) is 1. The largest absolute Gasteiger partial charge is 0.494 e. The van der Waals surface area contributed by atoms with Crippen molar-refractivity contribution in [3.05, 3.63) is 58.6 Å². The van der Waals surface area contributed by atoms with Crippen LogP contribution < -0.4 is 20.7 Å². The van der Waals surface area contributed by atoms with Crippen LogP contribution in [0.3, 0.4) is 0 Å². The van der Waals surface area contributed by atoms with Gasteiger partial charge in [-0.3, -0.25) is 9.79 Å². The van der Waals surface area contributed by atoms with E-state index in [2.05, 4.69) is 20.9 Å². The number of hydrogen-bond acceptors (Lipinski definition) is 3. The molecule has 1 amide bonds. The Morgan fingerprint density at radius 1 is 1.14 bits per heavy atom. The molecule has 2 aromatic rings. The van der Waals surface area contributed by atoms with Crippen molar-refractivity contribution in [2.75, 3.05) is 25.5 Å². The van der Waals surface area contributed by atoms with Gasteiger partial charge in [0.05, 0.1) is 6.61 Å². The molecule has 29 heavy (non-hydrogen) atoms. The second-order valence-corrected chi connectivity index (χ2v) is 6.51. The fourth-order valence-electron chi connectivity index (χ4n) is 2.60. The van der Waals surface area contributed by atoms with E-state index in [1.165, 1.54) is 0 Å². The molecule has 3 N–H and O–H groups in total. The van der Waals surface area contributed by atoms with Crippen molar-refractivity contribution in [2.45, 2.75) is 26.8 Å². The summed E-state index contributed by atoms with van der Waals surface area (Å²) in [5, 5.41) is 9.89. The van der Waals surface area contributed by atoms with Gasteiger partial charge in [-0.2, -0.15) is 0 Å². The molecular weight excluding hydrogens is 503 g/mol. The fourth-order valence-corrected chi connectivity index (χ4v) is 2.77. The quantitative estimate of drug-likeness (QED) is 0.269. The maximum absolute atomic E-state index is 12.2. The van der Waals surface area contributed by atoms with Gasteiger partial charge in [0, 0.05) is 42.8 Å². The number of carbonyl (C=O) groups is 1. The Labute approximate surface area is 194 Å². The van der Waals surface area contributed by atoms with Crippen LogP contribution in [0.4, 0.5) is 5.69 Å². The van der Waals surface area contributed by atoms with Gasteiger partial charge in [-0.05, 0) is 37.6 Å². The Balaban J connectivity index is 0.00000420. The molecule has 2 rings (SSSR count). The Morgan fingerprint density at radius 3 is 2.62 bits per heavy atom. The molecular formula is C21H28ClIN4O2. The van der Waals surface area contributed by atoms with Crippen molar-refractivity contribution in [2.24, 2.45) is 4.99 Å². The van der Waals surface area contributed by atoms with Crippen LogP contribution in [-0.4, -0.2) is 32.1 Å². The Morgan fingerprint density at radius 2 is 1.90 bits per heavy atom. The van der Waals surface area contributed by atoms with Crippen LogP contribution in [0.15, 0.2) is 47.5 Å². The molecule has 158 valence electrons. The lowest BCUT2D eigenvalue weighted by atomic mass is 10.2. The van der Waals surface area contributed by atoms with E-state index < -0.39 is 0 Å². The summed E-state index contributed by atoms with van der Waals surface area (Å²) < 4.78 is 5.63. The number of aliphatic imine (C=N–C) groups is 1. The van der Waals surface area contributed by atoms with Crippen molar-refractivity contribution in [1.29, 1.82) is 0 Å². The van der Waals surface area contributed by atoms with Crippen LogP contribution in [-0.2, 0) is 11.3 Å². The highest BCUT2D eigenvalue weighted by atomic mass is 127. The molecule has 2 aromatic carbocycles. The van der Waals surface area contributed by atoms with E-state index in [1.807, 2.05) is 50.2 Å². The van der Waals surface area contributed by atoms with Crippen LogP contribution in [0.25, 0.3) is 0 Å². The number of ether oxygens (including phenoxy) is 1. The molecule has 0 spiro atoms. The van der Waals surface area contributed by atoms with E-state index in [0.29, 0.717) is 37.1 Å². The molecule has 0 saturated carbocycles. The number of benzene rings is 2. The third-order valence-electron chi connectivity index (χ3n) is 4.13. The molecule has 0 aliphatic carbocycles.